The molecular formula is C14H15N3O3S2. The van der Waals surface area contributed by atoms with E-state index in [1.165, 1.54) is 30.5 Å². The van der Waals surface area contributed by atoms with Crippen LogP contribution >= 0.6 is 11.3 Å². The molecule has 1 aliphatic heterocycles. The zero-order chi connectivity index (χ0) is 16.5. The third-order valence-electron chi connectivity index (χ3n) is 3.18. The number of allylic oxidation sites excluding steroid dienone is 3. The Balaban J connectivity index is 2.53. The van der Waals surface area contributed by atoms with E-state index in [0.29, 0.717) is 10.5 Å². The molecule has 0 aliphatic carbocycles. The van der Waals surface area contributed by atoms with Crippen molar-refractivity contribution < 1.29 is 13.2 Å². The fraction of sp³-hybridized carbons (Fsp3) is 0.143. The van der Waals surface area contributed by atoms with Gasteiger partial charge in [0.1, 0.15) is 16.4 Å². The number of thiophene rings is 1. The Morgan fingerprint density at radius 2 is 2.18 bits per heavy atom. The Morgan fingerprint density at radius 3 is 2.77 bits per heavy atom. The van der Waals surface area contributed by atoms with Gasteiger partial charge in [-0.1, -0.05) is 12.7 Å². The molecule has 116 valence electrons. The summed E-state index contributed by atoms with van der Waals surface area (Å²) in [6.07, 6.45) is 2.92. The van der Waals surface area contributed by atoms with Gasteiger partial charge in [-0.05, 0) is 36.7 Å². The molecule has 0 fully saturated rings. The number of carbonyl (C=O) groups excluding carboxylic acids is 1. The van der Waals surface area contributed by atoms with Crippen molar-refractivity contribution >= 4 is 39.6 Å². The molecule has 22 heavy (non-hydrogen) atoms. The van der Waals surface area contributed by atoms with Crippen LogP contribution in [0, 0.1) is 0 Å². The molecule has 1 aromatic heterocycles. The van der Waals surface area contributed by atoms with Crippen LogP contribution < -0.4 is 5.32 Å². The van der Waals surface area contributed by atoms with Crippen molar-refractivity contribution in [1.82, 2.24) is 9.62 Å². The Hall–Kier alpha value is -2.19. The summed E-state index contributed by atoms with van der Waals surface area (Å²) in [5, 5.41) is 4.21. The van der Waals surface area contributed by atoms with Gasteiger partial charge in [-0.25, -0.2) is 13.4 Å². The van der Waals surface area contributed by atoms with Gasteiger partial charge in [0.25, 0.3) is 15.9 Å². The first kappa shape index (κ1) is 16.2. The van der Waals surface area contributed by atoms with Crippen molar-refractivity contribution in [2.75, 3.05) is 7.05 Å². The van der Waals surface area contributed by atoms with Crippen molar-refractivity contribution in [2.24, 2.45) is 4.99 Å². The minimum Gasteiger partial charge on any atom is -0.305 e. The number of fused-ring (bicyclic) bond motifs is 1. The number of hydrogen-bond donors (Lipinski definition) is 1. The van der Waals surface area contributed by atoms with Crippen LogP contribution in [0.2, 0.25) is 0 Å². The van der Waals surface area contributed by atoms with Crippen LogP contribution in [0.25, 0.3) is 5.57 Å². The molecule has 8 heteroatoms. The molecule has 0 radical (unpaired) electrons. The second-order valence-electron chi connectivity index (χ2n) is 4.46. The first-order valence-electron chi connectivity index (χ1n) is 6.23. The third-order valence-corrected chi connectivity index (χ3v) is 6.14. The van der Waals surface area contributed by atoms with E-state index in [2.05, 4.69) is 23.6 Å². The molecule has 0 unspecified atom stereocenters. The van der Waals surface area contributed by atoms with E-state index in [1.807, 2.05) is 0 Å². The summed E-state index contributed by atoms with van der Waals surface area (Å²) in [5.41, 5.74) is 0.662. The Bertz CT molecular complexity index is 816. The molecule has 0 atom stereocenters. The highest BCUT2D eigenvalue weighted by molar-refractivity contribution is 7.89. The smallest absolute Gasteiger partial charge is 0.274 e. The lowest BCUT2D eigenvalue weighted by Gasteiger charge is -2.28. The summed E-state index contributed by atoms with van der Waals surface area (Å²) >= 11 is 1.28. The summed E-state index contributed by atoms with van der Waals surface area (Å²) < 4.78 is 25.9. The van der Waals surface area contributed by atoms with E-state index in [0.717, 1.165) is 4.31 Å². The van der Waals surface area contributed by atoms with E-state index < -0.39 is 15.9 Å². The van der Waals surface area contributed by atoms with Crippen molar-refractivity contribution in [3.8, 4) is 0 Å². The molecule has 1 aromatic rings. The first-order chi connectivity index (χ1) is 10.3. The fourth-order valence-electron chi connectivity index (χ4n) is 2.12. The van der Waals surface area contributed by atoms with Gasteiger partial charge in [0, 0.05) is 7.05 Å². The number of sulfonamides is 1. The number of nitrogens with zero attached hydrogens (tertiary/aromatic N) is 2. The van der Waals surface area contributed by atoms with Gasteiger partial charge in [0.05, 0.1) is 4.88 Å². The molecule has 6 nitrogen and oxygen atoms in total. The highest BCUT2D eigenvalue weighted by atomic mass is 32.2. The average molecular weight is 337 g/mol. The number of aliphatic imine (C=N–C) groups is 1. The van der Waals surface area contributed by atoms with Gasteiger partial charge in [-0.15, -0.1) is 11.3 Å². The summed E-state index contributed by atoms with van der Waals surface area (Å²) in [5.74, 6) is -0.369. The van der Waals surface area contributed by atoms with Crippen molar-refractivity contribution in [3.63, 3.8) is 0 Å². The first-order valence-corrected chi connectivity index (χ1v) is 8.55. The van der Waals surface area contributed by atoms with E-state index in [9.17, 15) is 13.2 Å². The van der Waals surface area contributed by atoms with Gasteiger partial charge in [-0.2, -0.15) is 0 Å². The number of nitrogens with one attached hydrogen (secondary N) is 1. The van der Waals surface area contributed by atoms with Crippen molar-refractivity contribution in [1.29, 1.82) is 0 Å². The standard InChI is InChI=1S/C14H15N3O3S2/c1-5-6-11(15-3)16-14(18)12-9(2)13-10(7-8-21-13)22(19,20)17(12)4/h5-8H,1,3H2,2,4H3,(H,16,18)/b11-6+. The van der Waals surface area contributed by atoms with Crippen molar-refractivity contribution in [3.05, 3.63) is 46.6 Å². The summed E-state index contributed by atoms with van der Waals surface area (Å²) in [4.78, 5) is 16.9. The SMILES string of the molecule is C=C/C=C(\N=C)NC(=O)C1=C(C)c2sccc2S(=O)(=O)N1C. The van der Waals surface area contributed by atoms with Crippen LogP contribution in [-0.2, 0) is 14.8 Å². The molecular weight excluding hydrogens is 322 g/mol. The fourth-order valence-corrected chi connectivity index (χ4v) is 4.85. The summed E-state index contributed by atoms with van der Waals surface area (Å²) in [6.45, 7) is 8.57. The molecule has 2 heterocycles. The number of likely N-dealkylation sites (N-methyl/N-ethyl adjacent to an activating group) is 1. The van der Waals surface area contributed by atoms with Gasteiger partial charge in [0.15, 0.2) is 0 Å². The maximum atomic E-state index is 12.5. The van der Waals surface area contributed by atoms with Crippen molar-refractivity contribution in [2.45, 2.75) is 11.8 Å². The Kier molecular flexibility index (Phi) is 4.34. The monoisotopic (exact) mass is 337 g/mol. The molecule has 0 bridgehead atoms. The number of hydrogen-bond acceptors (Lipinski definition) is 5. The number of rotatable bonds is 4. The molecule has 1 amide bonds. The Morgan fingerprint density at radius 1 is 1.50 bits per heavy atom. The zero-order valence-corrected chi connectivity index (χ0v) is 13.8. The average Bonchev–Trinajstić information content (AvgIpc) is 2.96. The number of amides is 1. The van der Waals surface area contributed by atoms with E-state index in [4.69, 9.17) is 0 Å². The van der Waals surface area contributed by atoms with Crippen LogP contribution in [-0.4, -0.2) is 32.4 Å². The van der Waals surface area contributed by atoms with Crippen LogP contribution in [0.5, 0.6) is 0 Å². The molecule has 0 saturated carbocycles. The molecule has 0 saturated heterocycles. The highest BCUT2D eigenvalue weighted by Gasteiger charge is 2.36. The Labute approximate surface area is 133 Å². The molecule has 1 N–H and O–H groups in total. The second-order valence-corrected chi connectivity index (χ2v) is 7.31. The summed E-state index contributed by atoms with van der Waals surface area (Å²) in [6, 6.07) is 1.54. The number of carbonyl (C=O) groups is 1. The normalized spacial score (nSPS) is 17.0. The second kappa shape index (κ2) is 5.90. The lowest BCUT2D eigenvalue weighted by molar-refractivity contribution is -0.117. The van der Waals surface area contributed by atoms with E-state index in [-0.39, 0.29) is 16.4 Å². The van der Waals surface area contributed by atoms with Gasteiger partial charge >= 0.3 is 0 Å². The third kappa shape index (κ3) is 2.51. The zero-order valence-electron chi connectivity index (χ0n) is 12.2. The van der Waals surface area contributed by atoms with Crippen LogP contribution in [0.1, 0.15) is 11.8 Å². The maximum Gasteiger partial charge on any atom is 0.274 e. The van der Waals surface area contributed by atoms with Gasteiger partial charge in [0.2, 0.25) is 0 Å². The predicted octanol–water partition coefficient (Wildman–Crippen LogP) is 1.96. The lowest BCUT2D eigenvalue weighted by atomic mass is 10.1. The van der Waals surface area contributed by atoms with Gasteiger partial charge in [-0.3, -0.25) is 9.10 Å². The molecule has 0 spiro atoms. The van der Waals surface area contributed by atoms with Crippen LogP contribution in [0.15, 0.2) is 51.6 Å². The van der Waals surface area contributed by atoms with Crippen LogP contribution in [0.4, 0.5) is 0 Å². The van der Waals surface area contributed by atoms with Gasteiger partial charge < -0.3 is 5.32 Å². The lowest BCUT2D eigenvalue weighted by Crippen LogP contribution is -2.38. The minimum absolute atomic E-state index is 0.0635. The highest BCUT2D eigenvalue weighted by Crippen LogP contribution is 2.38. The topological polar surface area (TPSA) is 78.8 Å². The quantitative estimate of drug-likeness (QED) is 0.674. The van der Waals surface area contributed by atoms with Crippen LogP contribution in [0.3, 0.4) is 0 Å². The molecule has 1 aliphatic rings. The molecule has 2 rings (SSSR count). The summed E-state index contributed by atoms with van der Waals surface area (Å²) in [7, 11) is -2.37. The minimum atomic E-state index is -3.72. The van der Waals surface area contributed by atoms with E-state index in [1.54, 1.807) is 18.4 Å². The maximum absolute atomic E-state index is 12.5. The largest absolute Gasteiger partial charge is 0.305 e. The molecule has 0 aromatic carbocycles. The van der Waals surface area contributed by atoms with E-state index >= 15 is 0 Å². The predicted molar refractivity (Wildman–Crippen MR) is 87.8 cm³/mol.